The number of hydrogen-bond donors (Lipinski definition) is 1. The van der Waals surface area contributed by atoms with Crippen LogP contribution in [0.1, 0.15) is 6.92 Å². The molecule has 6 nitrogen and oxygen atoms in total. The largest absolute Gasteiger partial charge is 0.325 e. The molecule has 0 saturated carbocycles. The van der Waals surface area contributed by atoms with Crippen molar-refractivity contribution >= 4 is 62.7 Å². The maximum Gasteiger partial charge on any atom is 0.263 e. The van der Waals surface area contributed by atoms with Gasteiger partial charge in [0.2, 0.25) is 5.91 Å². The first-order valence-electron chi connectivity index (χ1n) is 4.43. The third-order valence-corrected chi connectivity index (χ3v) is 5.02. The fourth-order valence-electron chi connectivity index (χ4n) is 1.21. The lowest BCUT2D eigenvalue weighted by molar-refractivity contribution is -0.114. The van der Waals surface area contributed by atoms with E-state index in [0.29, 0.717) is 6.07 Å². The van der Waals surface area contributed by atoms with Crippen molar-refractivity contribution in [1.29, 1.82) is 0 Å². The summed E-state index contributed by atoms with van der Waals surface area (Å²) in [5.41, 5.74) is -0.239. The number of halogens is 3. The highest BCUT2D eigenvalue weighted by atomic mass is 35.7. The minimum Gasteiger partial charge on any atom is -0.325 e. The maximum atomic E-state index is 11.4. The van der Waals surface area contributed by atoms with Crippen molar-refractivity contribution in [1.82, 2.24) is 0 Å². The number of anilines is 1. The van der Waals surface area contributed by atoms with E-state index in [4.69, 9.17) is 33.0 Å². The van der Waals surface area contributed by atoms with Gasteiger partial charge >= 0.3 is 0 Å². The third-order valence-electron chi connectivity index (χ3n) is 1.87. The van der Waals surface area contributed by atoms with Crippen LogP contribution in [0.25, 0.3) is 0 Å². The van der Waals surface area contributed by atoms with Crippen LogP contribution in [0.15, 0.2) is 21.9 Å². The number of carbonyl (C=O) groups excluding carboxylic acids is 1. The van der Waals surface area contributed by atoms with Crippen molar-refractivity contribution in [2.24, 2.45) is 0 Å². The van der Waals surface area contributed by atoms with Gasteiger partial charge in [0.15, 0.2) is 0 Å². The van der Waals surface area contributed by atoms with Gasteiger partial charge in [0, 0.05) is 28.3 Å². The highest BCUT2D eigenvalue weighted by Gasteiger charge is 2.24. The zero-order valence-electron chi connectivity index (χ0n) is 9.15. The van der Waals surface area contributed by atoms with E-state index in [2.05, 4.69) is 5.32 Å². The van der Waals surface area contributed by atoms with Crippen molar-refractivity contribution in [2.75, 3.05) is 5.32 Å². The molecule has 0 radical (unpaired) electrons. The summed E-state index contributed by atoms with van der Waals surface area (Å²) in [5.74, 6) is -0.584. The predicted molar refractivity (Wildman–Crippen MR) is 71.8 cm³/mol. The second-order valence-corrected chi connectivity index (χ2v) is 8.81. The first kappa shape index (κ1) is 16.5. The number of amides is 1. The van der Waals surface area contributed by atoms with E-state index in [0.717, 1.165) is 13.0 Å². The van der Waals surface area contributed by atoms with E-state index in [1.165, 1.54) is 0 Å². The van der Waals surface area contributed by atoms with Gasteiger partial charge in [-0.1, -0.05) is 11.6 Å². The van der Waals surface area contributed by atoms with Crippen LogP contribution in [-0.2, 0) is 22.9 Å². The van der Waals surface area contributed by atoms with Crippen LogP contribution in [0, 0.1) is 0 Å². The van der Waals surface area contributed by atoms with Crippen LogP contribution in [-0.4, -0.2) is 22.7 Å². The van der Waals surface area contributed by atoms with Crippen LogP contribution in [0.4, 0.5) is 5.69 Å². The topological polar surface area (TPSA) is 97.4 Å². The van der Waals surface area contributed by atoms with Gasteiger partial charge in [-0.3, -0.25) is 4.79 Å². The Kier molecular flexibility index (Phi) is 4.74. The zero-order valence-corrected chi connectivity index (χ0v) is 13.0. The number of carbonyl (C=O) groups is 1. The summed E-state index contributed by atoms with van der Waals surface area (Å²) < 4.78 is 45.2. The molecule has 1 aromatic carbocycles. The quantitative estimate of drug-likeness (QED) is 0.827. The van der Waals surface area contributed by atoms with Gasteiger partial charge in [0.1, 0.15) is 9.79 Å². The molecule has 0 saturated heterocycles. The molecular weight excluding hydrogens is 361 g/mol. The first-order chi connectivity index (χ1) is 8.43. The monoisotopic (exact) mass is 365 g/mol. The fourth-order valence-corrected chi connectivity index (χ4v) is 3.82. The van der Waals surface area contributed by atoms with Gasteiger partial charge in [-0.2, -0.15) is 0 Å². The van der Waals surface area contributed by atoms with Crippen LogP contribution < -0.4 is 5.32 Å². The standard InChI is InChI=1S/C8H6Cl3NO5S2/c1-4(13)12-6-2-5(9)7(18(10,14)15)3-8(6)19(11,16)17/h2-3H,1H3,(H,12,13). The van der Waals surface area contributed by atoms with E-state index in [9.17, 15) is 21.6 Å². The number of benzene rings is 1. The number of rotatable bonds is 3. The Hall–Kier alpha value is -0.540. The molecule has 19 heavy (non-hydrogen) atoms. The average molecular weight is 367 g/mol. The molecule has 0 aliphatic carbocycles. The molecule has 0 spiro atoms. The fraction of sp³-hybridized carbons (Fsp3) is 0.125. The molecule has 0 aliphatic rings. The van der Waals surface area contributed by atoms with Gasteiger partial charge in [-0.05, 0) is 12.1 Å². The summed E-state index contributed by atoms with van der Waals surface area (Å²) in [6.07, 6.45) is 0. The molecule has 1 rings (SSSR count). The number of hydrogen-bond acceptors (Lipinski definition) is 5. The Morgan fingerprint density at radius 1 is 1.05 bits per heavy atom. The highest BCUT2D eigenvalue weighted by Crippen LogP contribution is 2.34. The Bertz CT molecular complexity index is 742. The van der Waals surface area contributed by atoms with E-state index < -0.39 is 33.8 Å². The second kappa shape index (κ2) is 5.45. The van der Waals surface area contributed by atoms with E-state index in [-0.39, 0.29) is 10.7 Å². The zero-order chi connectivity index (χ0) is 15.0. The van der Waals surface area contributed by atoms with Crippen LogP contribution in [0.3, 0.4) is 0 Å². The molecule has 0 heterocycles. The normalized spacial score (nSPS) is 12.2. The molecule has 1 amide bonds. The molecule has 11 heteroatoms. The molecule has 0 bridgehead atoms. The Balaban J connectivity index is 3.70. The molecule has 0 fully saturated rings. The molecular formula is C8H6Cl3NO5S2. The molecule has 0 atom stereocenters. The van der Waals surface area contributed by atoms with Gasteiger partial charge in [-0.15, -0.1) is 0 Å². The minimum absolute atomic E-state index is 0.239. The summed E-state index contributed by atoms with van der Waals surface area (Å²) in [6, 6.07) is 1.62. The van der Waals surface area contributed by atoms with Gasteiger partial charge in [0.25, 0.3) is 18.1 Å². The summed E-state index contributed by atoms with van der Waals surface area (Å²) in [4.78, 5) is 9.71. The van der Waals surface area contributed by atoms with Crippen molar-refractivity contribution in [2.45, 2.75) is 16.7 Å². The summed E-state index contributed by atoms with van der Waals surface area (Å²) in [7, 11) is 1.71. The predicted octanol–water partition coefficient (Wildman–Crippen LogP) is 2.15. The van der Waals surface area contributed by atoms with Crippen LogP contribution in [0.5, 0.6) is 0 Å². The molecule has 1 N–H and O–H groups in total. The summed E-state index contributed by atoms with van der Waals surface area (Å²) >= 11 is 5.67. The minimum atomic E-state index is -4.30. The summed E-state index contributed by atoms with van der Waals surface area (Å²) in [6.45, 7) is 1.13. The van der Waals surface area contributed by atoms with Crippen molar-refractivity contribution in [3.63, 3.8) is 0 Å². The molecule has 0 aliphatic heterocycles. The van der Waals surface area contributed by atoms with Crippen molar-refractivity contribution < 1.29 is 21.6 Å². The Morgan fingerprint density at radius 3 is 1.89 bits per heavy atom. The van der Waals surface area contributed by atoms with E-state index in [1.807, 2.05) is 0 Å². The van der Waals surface area contributed by atoms with Gasteiger partial charge in [0.05, 0.1) is 10.7 Å². The van der Waals surface area contributed by atoms with Crippen LogP contribution >= 0.6 is 33.0 Å². The first-order valence-corrected chi connectivity index (χ1v) is 9.43. The molecule has 0 aromatic heterocycles. The third kappa shape index (κ3) is 4.22. The second-order valence-electron chi connectivity index (χ2n) is 3.34. The lowest BCUT2D eigenvalue weighted by Gasteiger charge is -2.10. The lowest BCUT2D eigenvalue weighted by Crippen LogP contribution is -2.10. The summed E-state index contributed by atoms with van der Waals surface area (Å²) in [5, 5.41) is 1.83. The van der Waals surface area contributed by atoms with Crippen molar-refractivity contribution in [3.8, 4) is 0 Å². The van der Waals surface area contributed by atoms with Gasteiger partial charge in [-0.25, -0.2) is 16.8 Å². The van der Waals surface area contributed by atoms with Crippen LogP contribution in [0.2, 0.25) is 5.02 Å². The lowest BCUT2D eigenvalue weighted by atomic mass is 10.3. The molecule has 1 aromatic rings. The Morgan fingerprint density at radius 2 is 1.53 bits per heavy atom. The van der Waals surface area contributed by atoms with E-state index >= 15 is 0 Å². The molecule has 106 valence electrons. The molecule has 0 unspecified atom stereocenters. The Labute approximate surface area is 123 Å². The highest BCUT2D eigenvalue weighted by molar-refractivity contribution is 8.14. The SMILES string of the molecule is CC(=O)Nc1cc(Cl)c(S(=O)(=O)Cl)cc1S(=O)(=O)Cl. The van der Waals surface area contributed by atoms with Gasteiger partial charge < -0.3 is 5.32 Å². The van der Waals surface area contributed by atoms with E-state index in [1.54, 1.807) is 0 Å². The number of nitrogens with one attached hydrogen (secondary N) is 1. The smallest absolute Gasteiger partial charge is 0.263 e. The average Bonchev–Trinajstić information content (AvgIpc) is 2.11. The maximum absolute atomic E-state index is 11.4. The van der Waals surface area contributed by atoms with Crippen molar-refractivity contribution in [3.05, 3.63) is 17.2 Å².